The second kappa shape index (κ2) is 6.72. The second-order valence-electron chi connectivity index (χ2n) is 5.39. The Hall–Kier alpha value is -1.51. The van der Waals surface area contributed by atoms with Crippen LogP contribution < -0.4 is 10.5 Å². The minimum absolute atomic E-state index is 0.0645. The van der Waals surface area contributed by atoms with Crippen molar-refractivity contribution >= 4 is 15.9 Å². The van der Waals surface area contributed by atoms with Crippen LogP contribution in [0.3, 0.4) is 0 Å². The quantitative estimate of drug-likeness (QED) is 0.819. The summed E-state index contributed by atoms with van der Waals surface area (Å²) in [6.07, 6.45) is 0.769. The van der Waals surface area contributed by atoms with Gasteiger partial charge >= 0.3 is 0 Å². The van der Waals surface area contributed by atoms with Crippen molar-refractivity contribution in [3.63, 3.8) is 0 Å². The number of primary sulfonamides is 1. The predicted octanol–water partition coefficient (Wildman–Crippen LogP) is 0.431. The fraction of sp³-hybridized carbons (Fsp3) is 0.500. The number of hydrogen-bond donors (Lipinski definition) is 2. The molecule has 0 aliphatic carbocycles. The van der Waals surface area contributed by atoms with Crippen LogP contribution in [0.15, 0.2) is 23.1 Å². The van der Waals surface area contributed by atoms with Crippen LogP contribution in [-0.4, -0.2) is 38.9 Å². The Balaban J connectivity index is 2.05. The first-order valence-electron chi connectivity index (χ1n) is 7.12. The minimum Gasteiger partial charge on any atom is -0.352 e. The zero-order valence-corrected chi connectivity index (χ0v) is 13.2. The highest BCUT2D eigenvalue weighted by Crippen LogP contribution is 2.18. The molecule has 0 aromatic heterocycles. The lowest BCUT2D eigenvalue weighted by Gasteiger charge is -2.14. The number of nitrogens with two attached hydrogens (primary N) is 1. The molecule has 1 aliphatic heterocycles. The summed E-state index contributed by atoms with van der Waals surface area (Å²) in [6.45, 7) is 4.42. The van der Waals surface area contributed by atoms with E-state index in [0.717, 1.165) is 37.7 Å². The fourth-order valence-electron chi connectivity index (χ4n) is 2.62. The summed E-state index contributed by atoms with van der Waals surface area (Å²) in [4.78, 5) is 14.1. The Morgan fingerprint density at radius 1 is 1.50 bits per heavy atom. The number of hydrogen-bond acceptors (Lipinski definition) is 4. The van der Waals surface area contributed by atoms with Crippen LogP contribution in [0.25, 0.3) is 0 Å². The first kappa shape index (κ1) is 16.9. The van der Waals surface area contributed by atoms with Crippen molar-refractivity contribution in [3.8, 4) is 0 Å². The summed E-state index contributed by atoms with van der Waals surface area (Å²) in [5.41, 5.74) is 0.154. The highest BCUT2D eigenvalue weighted by atomic mass is 32.2. The van der Waals surface area contributed by atoms with Crippen LogP contribution in [0, 0.1) is 11.7 Å². The summed E-state index contributed by atoms with van der Waals surface area (Å²) in [5, 5.41) is 7.78. The number of likely N-dealkylation sites (tertiary alicyclic amines) is 1. The van der Waals surface area contributed by atoms with Crippen LogP contribution in [0.2, 0.25) is 0 Å². The number of halogens is 1. The minimum atomic E-state index is -3.96. The maximum absolute atomic E-state index is 13.3. The number of nitrogens with one attached hydrogen (secondary N) is 1. The Bertz CT molecular complexity index is 663. The molecular weight excluding hydrogens is 309 g/mol. The van der Waals surface area contributed by atoms with Crippen LogP contribution in [0.1, 0.15) is 18.9 Å². The number of carbonyl (C=O) groups excluding carboxylic acids is 1. The van der Waals surface area contributed by atoms with E-state index < -0.39 is 15.8 Å². The third kappa shape index (κ3) is 4.02. The van der Waals surface area contributed by atoms with Crippen LogP contribution in [0.5, 0.6) is 0 Å². The Labute approximate surface area is 129 Å². The molecule has 1 aliphatic rings. The van der Waals surface area contributed by atoms with Gasteiger partial charge in [-0.3, -0.25) is 4.79 Å². The summed E-state index contributed by atoms with van der Waals surface area (Å²) in [6, 6.07) is 3.22. The van der Waals surface area contributed by atoms with Gasteiger partial charge in [0.25, 0.3) is 0 Å². The molecule has 1 aromatic rings. The number of nitrogens with zero attached hydrogens (tertiary/aromatic N) is 1. The summed E-state index contributed by atoms with van der Waals surface area (Å²) < 4.78 is 36.3. The van der Waals surface area contributed by atoms with Crippen molar-refractivity contribution < 1.29 is 17.6 Å². The molecule has 2 rings (SSSR count). The van der Waals surface area contributed by atoms with Crippen LogP contribution >= 0.6 is 0 Å². The second-order valence-corrected chi connectivity index (χ2v) is 6.92. The Morgan fingerprint density at radius 3 is 2.82 bits per heavy atom. The van der Waals surface area contributed by atoms with E-state index in [1.165, 1.54) is 0 Å². The molecule has 0 unspecified atom stereocenters. The molecule has 1 heterocycles. The van der Waals surface area contributed by atoms with Crippen molar-refractivity contribution in [2.75, 3.05) is 19.6 Å². The number of benzene rings is 1. The third-order valence-electron chi connectivity index (χ3n) is 3.87. The highest BCUT2D eigenvalue weighted by Gasteiger charge is 2.27. The molecule has 6 nitrogen and oxygen atoms in total. The van der Waals surface area contributed by atoms with E-state index in [9.17, 15) is 17.6 Å². The normalized spacial score (nSPS) is 19.3. The Morgan fingerprint density at radius 2 is 2.23 bits per heavy atom. The number of sulfonamides is 1. The summed E-state index contributed by atoms with van der Waals surface area (Å²) in [5.74, 6) is -0.846. The fourth-order valence-corrected chi connectivity index (χ4v) is 3.38. The summed E-state index contributed by atoms with van der Waals surface area (Å²) >= 11 is 0. The molecule has 1 amide bonds. The van der Waals surface area contributed by atoms with E-state index in [-0.39, 0.29) is 28.8 Å². The van der Waals surface area contributed by atoms with Crippen LogP contribution in [0.4, 0.5) is 4.39 Å². The molecule has 0 saturated carbocycles. The number of amides is 1. The number of rotatable bonds is 5. The molecule has 1 atom stereocenters. The molecule has 3 N–H and O–H groups in total. The van der Waals surface area contributed by atoms with Gasteiger partial charge in [-0.2, -0.15) is 0 Å². The number of carbonyl (C=O) groups is 1. The standard InChI is InChI=1S/C14H20FN3O3S/c1-2-18-6-5-10(9-18)14(19)17-8-11-7-12(15)3-4-13(11)22(16,20)21/h3-4,7,10H,2,5-6,8-9H2,1H3,(H,17,19)(H2,16,20,21)/t10-/m0/s1. The van der Waals surface area contributed by atoms with Gasteiger partial charge in [0.2, 0.25) is 15.9 Å². The molecule has 1 aromatic carbocycles. The van der Waals surface area contributed by atoms with Gasteiger partial charge in [-0.05, 0) is 43.3 Å². The molecule has 0 radical (unpaired) electrons. The van der Waals surface area contributed by atoms with Gasteiger partial charge in [0.15, 0.2) is 0 Å². The van der Waals surface area contributed by atoms with E-state index in [2.05, 4.69) is 10.2 Å². The molecule has 1 saturated heterocycles. The van der Waals surface area contributed by atoms with Gasteiger partial charge < -0.3 is 10.2 Å². The van der Waals surface area contributed by atoms with E-state index in [1.807, 2.05) is 6.92 Å². The third-order valence-corrected chi connectivity index (χ3v) is 4.88. The maximum atomic E-state index is 13.3. The maximum Gasteiger partial charge on any atom is 0.238 e. The molecule has 22 heavy (non-hydrogen) atoms. The van der Waals surface area contributed by atoms with E-state index in [4.69, 9.17) is 5.14 Å². The Kier molecular flexibility index (Phi) is 5.15. The van der Waals surface area contributed by atoms with E-state index in [0.29, 0.717) is 6.54 Å². The first-order valence-corrected chi connectivity index (χ1v) is 8.67. The zero-order chi connectivity index (χ0) is 16.3. The summed E-state index contributed by atoms with van der Waals surface area (Å²) in [7, 11) is -3.96. The van der Waals surface area contributed by atoms with Crippen molar-refractivity contribution in [2.24, 2.45) is 11.1 Å². The average molecular weight is 329 g/mol. The van der Waals surface area contributed by atoms with Gasteiger partial charge in [0, 0.05) is 13.1 Å². The zero-order valence-electron chi connectivity index (χ0n) is 12.4. The smallest absolute Gasteiger partial charge is 0.238 e. The topological polar surface area (TPSA) is 92.5 Å². The monoisotopic (exact) mass is 329 g/mol. The highest BCUT2D eigenvalue weighted by molar-refractivity contribution is 7.89. The van der Waals surface area contributed by atoms with Crippen molar-refractivity contribution in [3.05, 3.63) is 29.6 Å². The van der Waals surface area contributed by atoms with E-state index in [1.54, 1.807) is 0 Å². The van der Waals surface area contributed by atoms with Gasteiger partial charge in [0.1, 0.15) is 5.82 Å². The van der Waals surface area contributed by atoms with Gasteiger partial charge in [-0.1, -0.05) is 6.92 Å². The predicted molar refractivity (Wildman–Crippen MR) is 79.8 cm³/mol. The van der Waals surface area contributed by atoms with Gasteiger partial charge in [0.05, 0.1) is 10.8 Å². The van der Waals surface area contributed by atoms with Gasteiger partial charge in [-0.15, -0.1) is 0 Å². The molecule has 0 bridgehead atoms. The lowest BCUT2D eigenvalue weighted by Crippen LogP contribution is -2.33. The SMILES string of the molecule is CCN1CC[C@H](C(=O)NCc2cc(F)ccc2S(N)(=O)=O)C1. The van der Waals surface area contributed by atoms with Crippen molar-refractivity contribution in [1.29, 1.82) is 0 Å². The first-order chi connectivity index (χ1) is 10.3. The largest absolute Gasteiger partial charge is 0.352 e. The average Bonchev–Trinajstić information content (AvgIpc) is 2.92. The molecule has 122 valence electrons. The lowest BCUT2D eigenvalue weighted by atomic mass is 10.1. The molecule has 0 spiro atoms. The van der Waals surface area contributed by atoms with Crippen LogP contribution in [-0.2, 0) is 21.4 Å². The van der Waals surface area contributed by atoms with E-state index >= 15 is 0 Å². The molecule has 1 fully saturated rings. The molecule has 8 heteroatoms. The van der Waals surface area contributed by atoms with Crippen molar-refractivity contribution in [2.45, 2.75) is 24.8 Å². The molecular formula is C14H20FN3O3S. The van der Waals surface area contributed by atoms with Crippen molar-refractivity contribution in [1.82, 2.24) is 10.2 Å². The lowest BCUT2D eigenvalue weighted by molar-refractivity contribution is -0.124. The van der Waals surface area contributed by atoms with Gasteiger partial charge in [-0.25, -0.2) is 17.9 Å².